The molecule has 6 nitrogen and oxygen atoms in total. The van der Waals surface area contributed by atoms with Gasteiger partial charge in [-0.2, -0.15) is 5.26 Å². The van der Waals surface area contributed by atoms with Crippen LogP contribution < -0.4 is 20.1 Å². The van der Waals surface area contributed by atoms with Crippen LogP contribution >= 0.6 is 0 Å². The molecule has 0 heterocycles. The van der Waals surface area contributed by atoms with Crippen LogP contribution in [-0.2, 0) is 6.54 Å². The summed E-state index contributed by atoms with van der Waals surface area (Å²) in [6, 6.07) is 12.0. The molecule has 1 atom stereocenters. The average Bonchev–Trinajstić information content (AvgIpc) is 2.74. The molecule has 0 aliphatic rings. The highest BCUT2D eigenvalue weighted by atomic mass is 19.1. The van der Waals surface area contributed by atoms with Gasteiger partial charge in [-0.25, -0.2) is 9.38 Å². The zero-order valence-corrected chi connectivity index (χ0v) is 18.0. The highest BCUT2D eigenvalue weighted by molar-refractivity contribution is 5.80. The first-order valence-electron chi connectivity index (χ1n) is 10.1. The van der Waals surface area contributed by atoms with Gasteiger partial charge >= 0.3 is 0 Å². The predicted octanol–water partition coefficient (Wildman–Crippen LogP) is 4.31. The third-order valence-corrected chi connectivity index (χ3v) is 4.35. The van der Waals surface area contributed by atoms with Crippen molar-refractivity contribution in [2.45, 2.75) is 40.3 Å². The van der Waals surface area contributed by atoms with Gasteiger partial charge in [-0.1, -0.05) is 6.07 Å². The van der Waals surface area contributed by atoms with Crippen molar-refractivity contribution >= 4 is 5.96 Å². The topological polar surface area (TPSA) is 78.7 Å². The Kier molecular flexibility index (Phi) is 8.95. The maximum Gasteiger partial charge on any atom is 0.192 e. The first kappa shape index (κ1) is 23.0. The molecule has 7 heteroatoms. The number of benzene rings is 2. The van der Waals surface area contributed by atoms with Crippen molar-refractivity contribution in [3.63, 3.8) is 0 Å². The number of guanidine groups is 1. The largest absolute Gasteiger partial charge is 0.490 e. The van der Waals surface area contributed by atoms with Crippen LogP contribution in [0, 0.1) is 17.1 Å². The fourth-order valence-corrected chi connectivity index (χ4v) is 2.88. The quantitative estimate of drug-likeness (QED) is 0.474. The van der Waals surface area contributed by atoms with E-state index in [1.807, 2.05) is 52.0 Å². The van der Waals surface area contributed by atoms with Crippen LogP contribution in [-0.4, -0.2) is 25.7 Å². The van der Waals surface area contributed by atoms with E-state index in [4.69, 9.17) is 14.7 Å². The first-order chi connectivity index (χ1) is 14.5. The summed E-state index contributed by atoms with van der Waals surface area (Å²) in [5, 5.41) is 15.5. The highest BCUT2D eigenvalue weighted by Gasteiger charge is 2.13. The number of nitriles is 1. The Morgan fingerprint density at radius 3 is 2.50 bits per heavy atom. The number of rotatable bonds is 9. The van der Waals surface area contributed by atoms with Crippen molar-refractivity contribution < 1.29 is 13.9 Å². The van der Waals surface area contributed by atoms with Crippen molar-refractivity contribution in [1.82, 2.24) is 10.6 Å². The molecule has 2 N–H and O–H groups in total. The maximum atomic E-state index is 14.0. The van der Waals surface area contributed by atoms with Crippen LogP contribution in [0.2, 0.25) is 0 Å². The van der Waals surface area contributed by atoms with Crippen LogP contribution in [0.4, 0.5) is 4.39 Å². The smallest absolute Gasteiger partial charge is 0.192 e. The molecule has 0 saturated carbocycles. The molecule has 0 fully saturated rings. The van der Waals surface area contributed by atoms with E-state index in [-0.39, 0.29) is 18.4 Å². The van der Waals surface area contributed by atoms with Crippen molar-refractivity contribution in [3.8, 4) is 17.6 Å². The van der Waals surface area contributed by atoms with E-state index in [1.165, 1.54) is 18.2 Å². The van der Waals surface area contributed by atoms with E-state index >= 15 is 0 Å². The van der Waals surface area contributed by atoms with Crippen LogP contribution in [0.1, 0.15) is 50.4 Å². The van der Waals surface area contributed by atoms with Crippen LogP contribution in [0.15, 0.2) is 41.4 Å². The number of nitrogens with zero attached hydrogens (tertiary/aromatic N) is 2. The molecule has 0 aromatic heterocycles. The molecule has 0 aliphatic carbocycles. The summed E-state index contributed by atoms with van der Waals surface area (Å²) in [6.07, 6.45) is 0. The molecule has 0 spiro atoms. The molecule has 0 saturated heterocycles. The monoisotopic (exact) mass is 412 g/mol. The van der Waals surface area contributed by atoms with E-state index in [0.717, 1.165) is 5.56 Å². The van der Waals surface area contributed by atoms with Gasteiger partial charge in [0.15, 0.2) is 17.5 Å². The Hall–Kier alpha value is -3.27. The fourth-order valence-electron chi connectivity index (χ4n) is 2.88. The molecule has 2 aromatic carbocycles. The van der Waals surface area contributed by atoms with E-state index in [1.54, 1.807) is 0 Å². The zero-order chi connectivity index (χ0) is 21.9. The van der Waals surface area contributed by atoms with Gasteiger partial charge in [0.25, 0.3) is 0 Å². The first-order valence-corrected chi connectivity index (χ1v) is 10.1. The standard InChI is InChI=1S/C23H29FN4O2/c1-5-26-23(27-15-19-12-17(14-25)8-10-20(19)24)28-16(4)18-9-11-21(29-6-2)22(13-18)30-7-3/h8-13,16H,5-7,15H2,1-4H3,(H2,26,27,28). The van der Waals surface area contributed by atoms with Crippen molar-refractivity contribution in [2.75, 3.05) is 19.8 Å². The molecule has 2 rings (SSSR count). The van der Waals surface area contributed by atoms with Gasteiger partial charge in [-0.15, -0.1) is 0 Å². The maximum absolute atomic E-state index is 14.0. The number of nitrogens with one attached hydrogen (secondary N) is 2. The Morgan fingerprint density at radius 1 is 1.10 bits per heavy atom. The molecule has 2 aromatic rings. The minimum Gasteiger partial charge on any atom is -0.490 e. The predicted molar refractivity (Wildman–Crippen MR) is 116 cm³/mol. The highest BCUT2D eigenvalue weighted by Crippen LogP contribution is 2.30. The minimum absolute atomic E-state index is 0.0760. The van der Waals surface area contributed by atoms with Gasteiger partial charge in [0.05, 0.1) is 37.4 Å². The third kappa shape index (κ3) is 6.38. The minimum atomic E-state index is -0.380. The van der Waals surface area contributed by atoms with Crippen LogP contribution in [0.5, 0.6) is 11.5 Å². The lowest BCUT2D eigenvalue weighted by Crippen LogP contribution is -2.38. The Bertz CT molecular complexity index is 909. The molecule has 0 amide bonds. The molecule has 0 radical (unpaired) electrons. The lowest BCUT2D eigenvalue weighted by atomic mass is 10.1. The average molecular weight is 413 g/mol. The number of ether oxygens (including phenoxy) is 2. The second-order valence-electron chi connectivity index (χ2n) is 6.55. The molecular formula is C23H29FN4O2. The SMILES string of the molecule is CCNC(=NCc1cc(C#N)ccc1F)NC(C)c1ccc(OCC)c(OCC)c1. The summed E-state index contributed by atoms with van der Waals surface area (Å²) in [5.74, 6) is 1.58. The molecular weight excluding hydrogens is 383 g/mol. The lowest BCUT2D eigenvalue weighted by molar-refractivity contribution is 0.287. The normalized spacial score (nSPS) is 12.1. The van der Waals surface area contributed by atoms with Crippen LogP contribution in [0.25, 0.3) is 0 Å². The third-order valence-electron chi connectivity index (χ3n) is 4.35. The lowest BCUT2D eigenvalue weighted by Gasteiger charge is -2.20. The number of aliphatic imine (C=N–C) groups is 1. The Balaban J connectivity index is 2.18. The van der Waals surface area contributed by atoms with Crippen molar-refractivity contribution in [1.29, 1.82) is 5.26 Å². The van der Waals surface area contributed by atoms with E-state index < -0.39 is 0 Å². The van der Waals surface area contributed by atoms with Gasteiger partial charge < -0.3 is 20.1 Å². The summed E-state index contributed by atoms with van der Waals surface area (Å²) in [7, 11) is 0. The van der Waals surface area contributed by atoms with Gasteiger partial charge in [0, 0.05) is 12.1 Å². The van der Waals surface area contributed by atoms with E-state index in [2.05, 4.69) is 15.6 Å². The summed E-state index contributed by atoms with van der Waals surface area (Å²) in [5.41, 5.74) is 1.79. The number of halogens is 1. The summed E-state index contributed by atoms with van der Waals surface area (Å²) in [6.45, 7) is 9.72. The van der Waals surface area contributed by atoms with E-state index in [9.17, 15) is 4.39 Å². The Morgan fingerprint density at radius 2 is 1.83 bits per heavy atom. The summed E-state index contributed by atoms with van der Waals surface area (Å²) in [4.78, 5) is 4.48. The second-order valence-corrected chi connectivity index (χ2v) is 6.55. The van der Waals surface area contributed by atoms with Crippen LogP contribution in [0.3, 0.4) is 0 Å². The number of hydrogen-bond donors (Lipinski definition) is 2. The number of hydrogen-bond acceptors (Lipinski definition) is 4. The van der Waals surface area contributed by atoms with Gasteiger partial charge in [0.1, 0.15) is 5.82 Å². The molecule has 0 aliphatic heterocycles. The zero-order valence-electron chi connectivity index (χ0n) is 18.0. The van der Waals surface area contributed by atoms with Gasteiger partial charge in [-0.3, -0.25) is 0 Å². The molecule has 0 bridgehead atoms. The second kappa shape index (κ2) is 11.7. The summed E-state index contributed by atoms with van der Waals surface area (Å²) < 4.78 is 25.4. The molecule has 30 heavy (non-hydrogen) atoms. The van der Waals surface area contributed by atoms with Gasteiger partial charge in [0.2, 0.25) is 0 Å². The van der Waals surface area contributed by atoms with Gasteiger partial charge in [-0.05, 0) is 63.6 Å². The molecule has 1 unspecified atom stereocenters. The Labute approximate surface area is 177 Å². The summed E-state index contributed by atoms with van der Waals surface area (Å²) >= 11 is 0. The van der Waals surface area contributed by atoms with Crippen molar-refractivity contribution in [3.05, 3.63) is 58.9 Å². The van der Waals surface area contributed by atoms with E-state index in [0.29, 0.717) is 48.3 Å². The fraction of sp³-hybridized carbons (Fsp3) is 0.391. The van der Waals surface area contributed by atoms with Crippen molar-refractivity contribution in [2.24, 2.45) is 4.99 Å². The molecule has 160 valence electrons.